The fraction of sp³-hybridized carbons (Fsp3) is 0.269. The molecule has 180 valence electrons. The zero-order valence-corrected chi connectivity index (χ0v) is 21.0. The molecule has 0 saturated heterocycles. The average molecular weight is 506 g/mol. The van der Waals surface area contributed by atoms with Gasteiger partial charge >= 0.3 is 0 Å². The third-order valence-electron chi connectivity index (χ3n) is 6.11. The van der Waals surface area contributed by atoms with E-state index in [0.29, 0.717) is 15.7 Å². The van der Waals surface area contributed by atoms with Gasteiger partial charge in [-0.2, -0.15) is 0 Å². The molecule has 0 spiro atoms. The van der Waals surface area contributed by atoms with Crippen LogP contribution >= 0.6 is 22.7 Å². The lowest BCUT2D eigenvalue weighted by Crippen LogP contribution is -2.36. The van der Waals surface area contributed by atoms with Crippen molar-refractivity contribution < 1.29 is 9.59 Å². The normalized spacial score (nSPS) is 14.1. The van der Waals surface area contributed by atoms with Crippen LogP contribution in [0.4, 0.5) is 21.5 Å². The summed E-state index contributed by atoms with van der Waals surface area (Å²) in [5.41, 5.74) is 9.71. The number of carbonyl (C=O) groups excluding carboxylic acids is 2. The number of aryl methyl sites for hydroxylation is 1. The van der Waals surface area contributed by atoms with Gasteiger partial charge in [-0.05, 0) is 49.6 Å². The molecular formula is C26H27N5O2S2. The number of para-hydroxylation sites is 1. The summed E-state index contributed by atoms with van der Waals surface area (Å²) in [6, 6.07) is 15.6. The molecule has 0 aliphatic heterocycles. The van der Waals surface area contributed by atoms with E-state index in [-0.39, 0.29) is 28.4 Å². The molecule has 2 aromatic carbocycles. The van der Waals surface area contributed by atoms with E-state index in [4.69, 9.17) is 5.73 Å². The summed E-state index contributed by atoms with van der Waals surface area (Å²) < 4.78 is 0.999. The van der Waals surface area contributed by atoms with Gasteiger partial charge in [-0.15, -0.1) is 11.3 Å². The Balaban J connectivity index is 1.44. The van der Waals surface area contributed by atoms with Crippen LogP contribution in [0, 0.1) is 6.92 Å². The predicted octanol–water partition coefficient (Wildman–Crippen LogP) is 6.31. The molecule has 5 N–H and O–H groups in total. The van der Waals surface area contributed by atoms with E-state index in [1.165, 1.54) is 29.1 Å². The minimum Gasteiger partial charge on any atom is -0.397 e. The number of benzene rings is 2. The minimum atomic E-state index is -0.379. The van der Waals surface area contributed by atoms with Gasteiger partial charge in [0.05, 0.1) is 21.5 Å². The van der Waals surface area contributed by atoms with E-state index in [1.807, 2.05) is 55.5 Å². The third kappa shape index (κ3) is 5.16. The number of amides is 2. The second-order valence-electron chi connectivity index (χ2n) is 8.79. The van der Waals surface area contributed by atoms with Gasteiger partial charge < -0.3 is 16.4 Å². The van der Waals surface area contributed by atoms with Crippen molar-refractivity contribution in [1.82, 2.24) is 10.3 Å². The van der Waals surface area contributed by atoms with E-state index in [9.17, 15) is 9.59 Å². The van der Waals surface area contributed by atoms with Crippen molar-refractivity contribution in [2.24, 2.45) is 0 Å². The first-order valence-electron chi connectivity index (χ1n) is 11.7. The predicted molar refractivity (Wildman–Crippen MR) is 145 cm³/mol. The number of nitrogen functional groups attached to an aromatic ring is 1. The Morgan fingerprint density at radius 1 is 1.00 bits per heavy atom. The summed E-state index contributed by atoms with van der Waals surface area (Å²) in [5.74, 6) is -0.630. The molecule has 4 aromatic rings. The van der Waals surface area contributed by atoms with Crippen molar-refractivity contribution in [1.29, 1.82) is 0 Å². The van der Waals surface area contributed by atoms with Gasteiger partial charge in [-0.3, -0.25) is 14.9 Å². The molecule has 2 heterocycles. The Morgan fingerprint density at radius 3 is 2.54 bits per heavy atom. The number of aromatic nitrogens is 1. The van der Waals surface area contributed by atoms with Crippen LogP contribution < -0.4 is 21.7 Å². The highest BCUT2D eigenvalue weighted by molar-refractivity contribution is 7.22. The van der Waals surface area contributed by atoms with Crippen molar-refractivity contribution in [3.05, 3.63) is 64.5 Å². The molecule has 0 bridgehead atoms. The molecule has 2 aromatic heterocycles. The van der Waals surface area contributed by atoms with Gasteiger partial charge in [-0.25, -0.2) is 4.98 Å². The summed E-state index contributed by atoms with van der Waals surface area (Å²) >= 11 is 2.59. The first-order chi connectivity index (χ1) is 17.0. The average Bonchev–Trinajstić information content (AvgIpc) is 3.39. The van der Waals surface area contributed by atoms with Gasteiger partial charge in [0.2, 0.25) is 0 Å². The summed E-state index contributed by atoms with van der Waals surface area (Å²) in [6.07, 6.45) is 5.33. The van der Waals surface area contributed by atoms with Gasteiger partial charge in [-0.1, -0.05) is 54.9 Å². The van der Waals surface area contributed by atoms with Crippen LogP contribution in [-0.2, 0) is 0 Å². The lowest BCUT2D eigenvalue weighted by Gasteiger charge is -2.23. The molecule has 2 amide bonds. The maximum Gasteiger partial charge on any atom is 0.269 e. The number of nitrogens with zero attached hydrogens (tertiary/aromatic N) is 1. The second-order valence-corrected chi connectivity index (χ2v) is 10.8. The van der Waals surface area contributed by atoms with Crippen molar-refractivity contribution >= 4 is 66.2 Å². The van der Waals surface area contributed by atoms with Gasteiger partial charge in [0.1, 0.15) is 9.88 Å². The number of hydrogen-bond acceptors (Lipinski definition) is 7. The van der Waals surface area contributed by atoms with Gasteiger partial charge in [0.25, 0.3) is 11.8 Å². The molecular weight excluding hydrogens is 478 g/mol. The van der Waals surface area contributed by atoms with Crippen LogP contribution in [0.25, 0.3) is 10.2 Å². The summed E-state index contributed by atoms with van der Waals surface area (Å²) in [4.78, 5) is 31.4. The summed E-state index contributed by atoms with van der Waals surface area (Å²) in [6.45, 7) is 2.02. The van der Waals surface area contributed by atoms with E-state index >= 15 is 0 Å². The zero-order valence-electron chi connectivity index (χ0n) is 19.4. The maximum absolute atomic E-state index is 13.3. The highest BCUT2D eigenvalue weighted by atomic mass is 32.1. The second kappa shape index (κ2) is 10.1. The number of hydrogen-bond donors (Lipinski definition) is 4. The first-order valence-corrected chi connectivity index (χ1v) is 13.3. The molecule has 0 radical (unpaired) electrons. The van der Waals surface area contributed by atoms with Crippen LogP contribution in [0.2, 0.25) is 0 Å². The fourth-order valence-corrected chi connectivity index (χ4v) is 6.31. The minimum absolute atomic E-state index is 0.128. The van der Waals surface area contributed by atoms with Crippen LogP contribution in [0.1, 0.15) is 57.7 Å². The van der Waals surface area contributed by atoms with Crippen molar-refractivity contribution in [2.75, 3.05) is 16.4 Å². The third-order valence-corrected chi connectivity index (χ3v) is 8.17. The Labute approximate surface area is 211 Å². The molecule has 1 aliphatic carbocycles. The monoisotopic (exact) mass is 505 g/mol. The fourth-order valence-electron chi connectivity index (χ4n) is 4.32. The number of nitrogens with one attached hydrogen (secondary N) is 3. The largest absolute Gasteiger partial charge is 0.397 e. The van der Waals surface area contributed by atoms with Crippen LogP contribution in [0.15, 0.2) is 48.5 Å². The van der Waals surface area contributed by atoms with E-state index in [2.05, 4.69) is 20.9 Å². The van der Waals surface area contributed by atoms with Gasteiger partial charge in [0.15, 0.2) is 5.13 Å². The van der Waals surface area contributed by atoms with Crippen LogP contribution in [-0.4, -0.2) is 22.8 Å². The zero-order chi connectivity index (χ0) is 24.4. The SMILES string of the molecule is Cc1ccc2nc(NC(=O)c3sc(Nc4ccccc4)c(C(=O)NC4CCCCC4)c3N)sc2c1. The Bertz CT molecular complexity index is 1370. The maximum atomic E-state index is 13.3. The smallest absolute Gasteiger partial charge is 0.269 e. The first kappa shape index (κ1) is 23.3. The molecule has 35 heavy (non-hydrogen) atoms. The number of thiophene rings is 1. The molecule has 7 nitrogen and oxygen atoms in total. The molecule has 9 heteroatoms. The van der Waals surface area contributed by atoms with Crippen LogP contribution in [0.5, 0.6) is 0 Å². The van der Waals surface area contributed by atoms with E-state index in [0.717, 1.165) is 47.2 Å². The molecule has 1 aliphatic rings. The molecule has 1 saturated carbocycles. The molecule has 0 unspecified atom stereocenters. The van der Waals surface area contributed by atoms with Gasteiger partial charge in [0, 0.05) is 11.7 Å². The lowest BCUT2D eigenvalue weighted by atomic mass is 9.95. The van der Waals surface area contributed by atoms with Crippen molar-refractivity contribution in [3.8, 4) is 0 Å². The Hall–Kier alpha value is -3.43. The van der Waals surface area contributed by atoms with E-state index in [1.54, 1.807) is 0 Å². The number of fused-ring (bicyclic) bond motifs is 1. The molecule has 0 atom stereocenters. The number of thiazole rings is 1. The van der Waals surface area contributed by atoms with Crippen LogP contribution in [0.3, 0.4) is 0 Å². The van der Waals surface area contributed by atoms with E-state index < -0.39 is 0 Å². The topological polar surface area (TPSA) is 109 Å². The summed E-state index contributed by atoms with van der Waals surface area (Å²) in [7, 11) is 0. The standard InChI is InChI=1S/C26H27N5O2S2/c1-15-12-13-18-19(14-15)34-26(30-18)31-24(33)22-21(27)20(23(32)28-16-8-4-2-5-9-16)25(35-22)29-17-10-6-3-7-11-17/h3,6-7,10-14,16,29H,2,4-5,8-9,27H2,1H3,(H,28,32)(H,30,31,33). The lowest BCUT2D eigenvalue weighted by molar-refractivity contribution is 0.0929. The summed E-state index contributed by atoms with van der Waals surface area (Å²) in [5, 5.41) is 10.3. The number of rotatable bonds is 6. The van der Waals surface area contributed by atoms with Crippen molar-refractivity contribution in [2.45, 2.75) is 45.1 Å². The quantitative estimate of drug-likeness (QED) is 0.246. The van der Waals surface area contributed by atoms with Crippen molar-refractivity contribution in [3.63, 3.8) is 0 Å². The number of nitrogens with two attached hydrogens (primary N) is 1. The number of carbonyl (C=O) groups is 2. The highest BCUT2D eigenvalue weighted by Gasteiger charge is 2.28. The number of anilines is 4. The molecule has 5 rings (SSSR count). The highest BCUT2D eigenvalue weighted by Crippen LogP contribution is 2.39. The molecule has 1 fully saturated rings. The Morgan fingerprint density at radius 2 is 1.77 bits per heavy atom. The Kier molecular flexibility index (Phi) is 6.70.